The molecule has 0 amide bonds. The zero-order valence-electron chi connectivity index (χ0n) is 11.3. The van der Waals surface area contributed by atoms with Gasteiger partial charge in [-0.25, -0.2) is 14.4 Å². The molecule has 1 aromatic carbocycles. The molecule has 1 N–H and O–H groups in total. The average Bonchev–Trinajstić information content (AvgIpc) is 3.29. The first kappa shape index (κ1) is 13.0. The van der Waals surface area contributed by atoms with E-state index in [0.29, 0.717) is 29.7 Å². The summed E-state index contributed by atoms with van der Waals surface area (Å²) < 4.78 is 19.4. The molecule has 1 heterocycles. The highest BCUT2D eigenvalue weighted by atomic mass is 19.1. The van der Waals surface area contributed by atoms with Gasteiger partial charge in [0, 0.05) is 30.5 Å². The van der Waals surface area contributed by atoms with Gasteiger partial charge in [0.05, 0.1) is 7.11 Å². The fourth-order valence-corrected chi connectivity index (χ4v) is 2.07. The molecule has 1 aromatic heterocycles. The first-order chi connectivity index (χ1) is 9.78. The molecule has 2 aromatic rings. The second kappa shape index (κ2) is 5.54. The van der Waals surface area contributed by atoms with Gasteiger partial charge >= 0.3 is 0 Å². The summed E-state index contributed by atoms with van der Waals surface area (Å²) in [5.41, 5.74) is 1.76. The Bertz CT molecular complexity index is 614. The van der Waals surface area contributed by atoms with E-state index in [9.17, 15) is 4.39 Å². The number of ether oxygens (including phenoxy) is 1. The van der Waals surface area contributed by atoms with Gasteiger partial charge in [0.15, 0.2) is 0 Å². The number of aromatic nitrogens is 2. The molecular formula is C15H16FN3O. The van der Waals surface area contributed by atoms with E-state index in [0.717, 1.165) is 5.56 Å². The Morgan fingerprint density at radius 3 is 2.80 bits per heavy atom. The van der Waals surface area contributed by atoms with Crippen molar-refractivity contribution in [3.8, 4) is 17.1 Å². The molecule has 1 fully saturated rings. The lowest BCUT2D eigenvalue weighted by molar-refractivity contribution is 0.397. The van der Waals surface area contributed by atoms with Gasteiger partial charge in [-0.2, -0.15) is 0 Å². The number of rotatable bonds is 5. The van der Waals surface area contributed by atoms with Crippen molar-refractivity contribution in [2.45, 2.75) is 25.4 Å². The molecule has 0 aliphatic heterocycles. The van der Waals surface area contributed by atoms with Crippen LogP contribution in [0.5, 0.6) is 5.88 Å². The van der Waals surface area contributed by atoms with Crippen LogP contribution in [0.25, 0.3) is 11.3 Å². The van der Waals surface area contributed by atoms with Crippen LogP contribution in [-0.4, -0.2) is 23.1 Å². The van der Waals surface area contributed by atoms with Crippen LogP contribution in [0.15, 0.2) is 30.6 Å². The summed E-state index contributed by atoms with van der Waals surface area (Å²) in [5, 5.41) is 3.36. The van der Waals surface area contributed by atoms with E-state index >= 15 is 0 Å². The minimum Gasteiger partial charge on any atom is -0.479 e. The Hall–Kier alpha value is -2.01. The van der Waals surface area contributed by atoms with Crippen molar-refractivity contribution in [3.63, 3.8) is 0 Å². The van der Waals surface area contributed by atoms with E-state index in [4.69, 9.17) is 4.74 Å². The van der Waals surface area contributed by atoms with Gasteiger partial charge in [0.25, 0.3) is 0 Å². The van der Waals surface area contributed by atoms with Crippen LogP contribution >= 0.6 is 0 Å². The highest BCUT2D eigenvalue weighted by Crippen LogP contribution is 2.28. The number of nitrogens with one attached hydrogen (secondary N) is 1. The zero-order chi connectivity index (χ0) is 13.9. The van der Waals surface area contributed by atoms with E-state index in [1.807, 2.05) is 6.07 Å². The van der Waals surface area contributed by atoms with E-state index in [1.54, 1.807) is 12.1 Å². The Kier molecular flexibility index (Phi) is 3.60. The maximum atomic E-state index is 14.2. The Labute approximate surface area is 117 Å². The zero-order valence-corrected chi connectivity index (χ0v) is 11.3. The lowest BCUT2D eigenvalue weighted by Crippen LogP contribution is -2.15. The predicted octanol–water partition coefficient (Wildman–Crippen LogP) is 2.54. The van der Waals surface area contributed by atoms with E-state index in [2.05, 4.69) is 15.3 Å². The van der Waals surface area contributed by atoms with Crippen LogP contribution in [-0.2, 0) is 6.54 Å². The Morgan fingerprint density at radius 1 is 1.30 bits per heavy atom. The molecule has 0 atom stereocenters. The van der Waals surface area contributed by atoms with E-state index < -0.39 is 0 Å². The Balaban J connectivity index is 1.85. The minimum atomic E-state index is -0.307. The van der Waals surface area contributed by atoms with Gasteiger partial charge < -0.3 is 10.1 Å². The summed E-state index contributed by atoms with van der Waals surface area (Å²) in [6.07, 6.45) is 5.49. The summed E-state index contributed by atoms with van der Waals surface area (Å²) in [6, 6.07) is 5.78. The van der Waals surface area contributed by atoms with Crippen molar-refractivity contribution in [2.24, 2.45) is 0 Å². The number of halogens is 1. The van der Waals surface area contributed by atoms with Crippen LogP contribution in [0, 0.1) is 5.82 Å². The van der Waals surface area contributed by atoms with Crippen molar-refractivity contribution >= 4 is 0 Å². The smallest absolute Gasteiger partial charge is 0.240 e. The third kappa shape index (κ3) is 2.77. The average molecular weight is 273 g/mol. The van der Waals surface area contributed by atoms with Gasteiger partial charge in [0.2, 0.25) is 5.88 Å². The molecule has 4 nitrogen and oxygen atoms in total. The van der Waals surface area contributed by atoms with Gasteiger partial charge in [0.1, 0.15) is 11.5 Å². The molecule has 1 aliphatic rings. The molecule has 1 saturated carbocycles. The second-order valence-corrected chi connectivity index (χ2v) is 4.88. The maximum absolute atomic E-state index is 14.2. The summed E-state index contributed by atoms with van der Waals surface area (Å²) in [6.45, 7) is 0.694. The summed E-state index contributed by atoms with van der Waals surface area (Å²) in [5.74, 6) is 0.0224. The lowest BCUT2D eigenvalue weighted by Gasteiger charge is -2.09. The largest absolute Gasteiger partial charge is 0.479 e. The number of hydrogen-bond acceptors (Lipinski definition) is 4. The van der Waals surface area contributed by atoms with Crippen LogP contribution in [0.1, 0.15) is 18.4 Å². The van der Waals surface area contributed by atoms with Crippen molar-refractivity contribution in [1.29, 1.82) is 0 Å². The van der Waals surface area contributed by atoms with Crippen LogP contribution in [0.4, 0.5) is 4.39 Å². The van der Waals surface area contributed by atoms with Gasteiger partial charge in [-0.1, -0.05) is 6.07 Å². The molecule has 0 bridgehead atoms. The first-order valence-electron chi connectivity index (χ1n) is 6.65. The molecular weight excluding hydrogens is 257 g/mol. The molecule has 5 heteroatoms. The quantitative estimate of drug-likeness (QED) is 0.909. The van der Waals surface area contributed by atoms with Gasteiger partial charge in [-0.05, 0) is 30.5 Å². The second-order valence-electron chi connectivity index (χ2n) is 4.88. The molecule has 0 unspecified atom stereocenters. The monoisotopic (exact) mass is 273 g/mol. The molecule has 0 radical (unpaired) electrons. The minimum absolute atomic E-state index is 0.307. The fourth-order valence-electron chi connectivity index (χ4n) is 2.07. The van der Waals surface area contributed by atoms with Crippen LogP contribution in [0.3, 0.4) is 0 Å². The standard InChI is InChI=1S/C15H16FN3O/c1-20-15-14(17-6-7-18-15)12-5-2-10(8-13(12)16)9-19-11-3-4-11/h2,5-8,11,19H,3-4,9H2,1H3. The summed E-state index contributed by atoms with van der Waals surface area (Å²) in [7, 11) is 1.50. The SMILES string of the molecule is COc1nccnc1-c1ccc(CNC2CC2)cc1F. The van der Waals surface area contributed by atoms with Crippen molar-refractivity contribution in [1.82, 2.24) is 15.3 Å². The molecule has 0 saturated heterocycles. The maximum Gasteiger partial charge on any atom is 0.240 e. The van der Waals surface area contributed by atoms with E-state index in [-0.39, 0.29) is 5.82 Å². The normalized spacial score (nSPS) is 14.3. The van der Waals surface area contributed by atoms with Crippen LogP contribution in [0.2, 0.25) is 0 Å². The number of nitrogens with zero attached hydrogens (tertiary/aromatic N) is 2. The molecule has 3 rings (SSSR count). The number of hydrogen-bond donors (Lipinski definition) is 1. The molecule has 0 spiro atoms. The van der Waals surface area contributed by atoms with Crippen molar-refractivity contribution in [2.75, 3.05) is 7.11 Å². The number of benzene rings is 1. The van der Waals surface area contributed by atoms with E-state index in [1.165, 1.54) is 32.3 Å². The number of methoxy groups -OCH3 is 1. The summed E-state index contributed by atoms with van der Waals surface area (Å²) >= 11 is 0. The molecule has 1 aliphatic carbocycles. The Morgan fingerprint density at radius 2 is 2.10 bits per heavy atom. The third-order valence-corrected chi connectivity index (χ3v) is 3.32. The summed E-state index contributed by atoms with van der Waals surface area (Å²) in [4.78, 5) is 8.19. The van der Waals surface area contributed by atoms with Gasteiger partial charge in [-0.3, -0.25) is 0 Å². The lowest BCUT2D eigenvalue weighted by atomic mass is 10.1. The van der Waals surface area contributed by atoms with Crippen molar-refractivity contribution in [3.05, 3.63) is 42.0 Å². The fraction of sp³-hybridized carbons (Fsp3) is 0.333. The topological polar surface area (TPSA) is 47.0 Å². The molecule has 20 heavy (non-hydrogen) atoms. The predicted molar refractivity (Wildman–Crippen MR) is 73.8 cm³/mol. The highest BCUT2D eigenvalue weighted by molar-refractivity contribution is 5.65. The first-order valence-corrected chi connectivity index (χ1v) is 6.65. The van der Waals surface area contributed by atoms with Gasteiger partial charge in [-0.15, -0.1) is 0 Å². The van der Waals surface area contributed by atoms with Crippen molar-refractivity contribution < 1.29 is 9.13 Å². The highest BCUT2D eigenvalue weighted by Gasteiger charge is 2.20. The van der Waals surface area contributed by atoms with Crippen LogP contribution < -0.4 is 10.1 Å². The third-order valence-electron chi connectivity index (χ3n) is 3.32. The molecule has 104 valence electrons.